The lowest BCUT2D eigenvalue weighted by atomic mass is 10.1. The molecule has 0 fully saturated rings. The maximum Gasteiger partial charge on any atom is 0.252 e. The molecule has 0 aromatic carbocycles. The van der Waals surface area contributed by atoms with Gasteiger partial charge in [-0.2, -0.15) is 0 Å². The van der Waals surface area contributed by atoms with Gasteiger partial charge in [0.15, 0.2) is 0 Å². The first kappa shape index (κ1) is 13.4. The number of pyridine rings is 1. The molecule has 1 rings (SSSR count). The van der Waals surface area contributed by atoms with Gasteiger partial charge in [-0.1, -0.05) is 0 Å². The zero-order valence-electron chi connectivity index (χ0n) is 10.7. The van der Waals surface area contributed by atoms with Gasteiger partial charge in [-0.05, 0) is 26.8 Å². The first-order valence-electron chi connectivity index (χ1n) is 5.74. The van der Waals surface area contributed by atoms with E-state index in [0.717, 1.165) is 17.9 Å². The highest BCUT2D eigenvalue weighted by Crippen LogP contribution is 2.23. The van der Waals surface area contributed by atoms with Crippen LogP contribution in [0.3, 0.4) is 0 Å². The summed E-state index contributed by atoms with van der Waals surface area (Å²) in [4.78, 5) is 17.8. The Hall–Kier alpha value is -1.62. The number of amides is 1. The quantitative estimate of drug-likeness (QED) is 0.783. The predicted molar refractivity (Wildman–Crippen MR) is 69.2 cm³/mol. The van der Waals surface area contributed by atoms with Crippen LogP contribution in [0.1, 0.15) is 28.7 Å². The molecule has 1 amide bonds. The number of hydrogen-bond donors (Lipinski definition) is 2. The highest BCUT2D eigenvalue weighted by Gasteiger charge is 2.17. The van der Waals surface area contributed by atoms with Crippen molar-refractivity contribution in [2.45, 2.75) is 20.8 Å². The molecule has 0 aliphatic carbocycles. The normalized spacial score (nSPS) is 10.4. The number of rotatable bonds is 5. The van der Waals surface area contributed by atoms with Crippen LogP contribution in [0, 0.1) is 13.8 Å². The molecule has 0 aliphatic heterocycles. The van der Waals surface area contributed by atoms with Crippen LogP contribution in [0.5, 0.6) is 0 Å². The summed E-state index contributed by atoms with van der Waals surface area (Å²) >= 11 is 0. The summed E-state index contributed by atoms with van der Waals surface area (Å²) in [6.07, 6.45) is 0. The zero-order valence-corrected chi connectivity index (χ0v) is 10.7. The van der Waals surface area contributed by atoms with E-state index in [4.69, 9.17) is 11.5 Å². The monoisotopic (exact) mass is 236 g/mol. The number of primary amides is 1. The minimum atomic E-state index is -0.444. The van der Waals surface area contributed by atoms with Crippen molar-refractivity contribution in [3.05, 3.63) is 23.0 Å². The minimum absolute atomic E-state index is 0.444. The van der Waals surface area contributed by atoms with Crippen LogP contribution in [0.2, 0.25) is 0 Å². The number of hydrogen-bond acceptors (Lipinski definition) is 4. The Kier molecular flexibility index (Phi) is 4.45. The molecule has 5 heteroatoms. The lowest BCUT2D eigenvalue weighted by Gasteiger charge is -2.25. The van der Waals surface area contributed by atoms with Gasteiger partial charge in [0.2, 0.25) is 0 Å². The van der Waals surface area contributed by atoms with E-state index in [2.05, 4.69) is 4.98 Å². The molecule has 0 radical (unpaired) electrons. The van der Waals surface area contributed by atoms with Gasteiger partial charge in [0, 0.05) is 25.3 Å². The lowest BCUT2D eigenvalue weighted by molar-refractivity contribution is 0.1000. The van der Waals surface area contributed by atoms with Gasteiger partial charge in [0.05, 0.1) is 16.9 Å². The second kappa shape index (κ2) is 5.63. The predicted octanol–water partition coefficient (Wildman–Crippen LogP) is 0.582. The first-order valence-corrected chi connectivity index (χ1v) is 5.74. The Bertz CT molecular complexity index is 417. The molecular weight excluding hydrogens is 216 g/mol. The number of nitrogens with two attached hydrogens (primary N) is 2. The smallest absolute Gasteiger partial charge is 0.252 e. The molecule has 5 nitrogen and oxygen atoms in total. The highest BCUT2D eigenvalue weighted by atomic mass is 16.1. The summed E-state index contributed by atoms with van der Waals surface area (Å²) in [6.45, 7) is 7.72. The van der Waals surface area contributed by atoms with Crippen molar-refractivity contribution in [1.82, 2.24) is 4.98 Å². The molecule has 4 N–H and O–H groups in total. The summed E-state index contributed by atoms with van der Waals surface area (Å²) in [5, 5.41) is 0. The van der Waals surface area contributed by atoms with Gasteiger partial charge in [-0.15, -0.1) is 0 Å². The van der Waals surface area contributed by atoms with Crippen molar-refractivity contribution >= 4 is 11.6 Å². The third kappa shape index (κ3) is 2.94. The summed E-state index contributed by atoms with van der Waals surface area (Å²) in [6, 6.07) is 1.88. The van der Waals surface area contributed by atoms with E-state index in [9.17, 15) is 4.79 Å². The molecule has 1 aromatic heterocycles. The van der Waals surface area contributed by atoms with Crippen LogP contribution in [-0.2, 0) is 0 Å². The van der Waals surface area contributed by atoms with Crippen LogP contribution >= 0.6 is 0 Å². The average molecular weight is 236 g/mol. The largest absolute Gasteiger partial charge is 0.370 e. The van der Waals surface area contributed by atoms with E-state index >= 15 is 0 Å². The minimum Gasteiger partial charge on any atom is -0.370 e. The Morgan fingerprint density at radius 1 is 1.47 bits per heavy atom. The molecule has 0 aliphatic rings. The number of aryl methyl sites for hydroxylation is 2. The van der Waals surface area contributed by atoms with Gasteiger partial charge in [-0.25, -0.2) is 0 Å². The number of anilines is 1. The molecule has 0 bridgehead atoms. The summed E-state index contributed by atoms with van der Waals surface area (Å²) in [5.74, 6) is -0.444. The molecule has 0 saturated carbocycles. The second-order valence-electron chi connectivity index (χ2n) is 3.98. The van der Waals surface area contributed by atoms with Crippen molar-refractivity contribution in [2.75, 3.05) is 24.5 Å². The van der Waals surface area contributed by atoms with E-state index in [0.29, 0.717) is 24.3 Å². The second-order valence-corrected chi connectivity index (χ2v) is 3.98. The number of likely N-dealkylation sites (N-methyl/N-ethyl adjacent to an activating group) is 1. The first-order chi connectivity index (χ1) is 8.01. The molecule has 1 heterocycles. The molecule has 17 heavy (non-hydrogen) atoms. The summed E-state index contributed by atoms with van der Waals surface area (Å²) in [5.41, 5.74) is 13.9. The van der Waals surface area contributed by atoms with Crippen molar-refractivity contribution in [2.24, 2.45) is 11.5 Å². The highest BCUT2D eigenvalue weighted by molar-refractivity contribution is 5.99. The maximum atomic E-state index is 11.5. The number of nitrogens with zero attached hydrogens (tertiary/aromatic N) is 2. The number of carbonyl (C=O) groups excluding carboxylic acids is 1. The van der Waals surface area contributed by atoms with E-state index in [1.54, 1.807) is 6.92 Å². The van der Waals surface area contributed by atoms with Crippen molar-refractivity contribution < 1.29 is 4.79 Å². The fourth-order valence-electron chi connectivity index (χ4n) is 1.97. The van der Waals surface area contributed by atoms with E-state index in [-0.39, 0.29) is 0 Å². The number of aromatic nitrogens is 1. The van der Waals surface area contributed by atoms with Gasteiger partial charge in [0.1, 0.15) is 0 Å². The third-order valence-electron chi connectivity index (χ3n) is 2.68. The standard InChI is InChI=1S/C12H20N4O/c1-4-16(6-5-13)10-7-8(2)15-9(3)11(10)12(14)17/h7H,4-6,13H2,1-3H3,(H2,14,17). The zero-order chi connectivity index (χ0) is 13.0. The summed E-state index contributed by atoms with van der Waals surface area (Å²) < 4.78 is 0. The molecule has 0 saturated heterocycles. The molecule has 0 atom stereocenters. The fourth-order valence-corrected chi connectivity index (χ4v) is 1.97. The van der Waals surface area contributed by atoms with Crippen molar-refractivity contribution in [3.8, 4) is 0 Å². The molecular formula is C12H20N4O. The van der Waals surface area contributed by atoms with Crippen LogP contribution in [0.15, 0.2) is 6.07 Å². The van der Waals surface area contributed by atoms with Crippen LogP contribution in [0.25, 0.3) is 0 Å². The van der Waals surface area contributed by atoms with Crippen LogP contribution in [-0.4, -0.2) is 30.5 Å². The average Bonchev–Trinajstić information content (AvgIpc) is 2.23. The maximum absolute atomic E-state index is 11.5. The van der Waals surface area contributed by atoms with E-state index < -0.39 is 5.91 Å². The topological polar surface area (TPSA) is 85.2 Å². The van der Waals surface area contributed by atoms with Crippen molar-refractivity contribution in [3.63, 3.8) is 0 Å². The van der Waals surface area contributed by atoms with E-state index in [1.807, 2.05) is 24.8 Å². The van der Waals surface area contributed by atoms with Crippen LogP contribution < -0.4 is 16.4 Å². The van der Waals surface area contributed by atoms with Gasteiger partial charge in [-0.3, -0.25) is 9.78 Å². The Morgan fingerprint density at radius 2 is 2.12 bits per heavy atom. The molecule has 0 spiro atoms. The Morgan fingerprint density at radius 3 is 2.59 bits per heavy atom. The van der Waals surface area contributed by atoms with E-state index in [1.165, 1.54) is 0 Å². The van der Waals surface area contributed by atoms with Crippen LogP contribution in [0.4, 0.5) is 5.69 Å². The van der Waals surface area contributed by atoms with Crippen molar-refractivity contribution in [1.29, 1.82) is 0 Å². The lowest BCUT2D eigenvalue weighted by Crippen LogP contribution is -2.32. The van der Waals surface area contributed by atoms with Gasteiger partial charge >= 0.3 is 0 Å². The molecule has 94 valence electrons. The molecule has 0 unspecified atom stereocenters. The molecule has 1 aromatic rings. The Balaban J connectivity index is 3.32. The Labute approximate surface area is 102 Å². The fraction of sp³-hybridized carbons (Fsp3) is 0.500. The van der Waals surface area contributed by atoms with Gasteiger partial charge < -0.3 is 16.4 Å². The third-order valence-corrected chi connectivity index (χ3v) is 2.68. The SMILES string of the molecule is CCN(CCN)c1cc(C)nc(C)c1C(N)=O. The number of carbonyl (C=O) groups is 1. The summed E-state index contributed by atoms with van der Waals surface area (Å²) in [7, 11) is 0. The van der Waals surface area contributed by atoms with Gasteiger partial charge in [0.25, 0.3) is 5.91 Å².